The highest BCUT2D eigenvalue weighted by Crippen LogP contribution is 2.29. The average Bonchev–Trinajstić information content (AvgIpc) is 2.73. The van der Waals surface area contributed by atoms with Gasteiger partial charge in [-0.05, 0) is 55.8 Å². The number of esters is 1. The molecule has 0 fully saturated rings. The van der Waals surface area contributed by atoms with Gasteiger partial charge in [-0.2, -0.15) is 5.26 Å². The van der Waals surface area contributed by atoms with Crippen LogP contribution < -0.4 is 14.8 Å². The smallest absolute Gasteiger partial charge is 0.338 e. The molecule has 0 bridgehead atoms. The van der Waals surface area contributed by atoms with Crippen LogP contribution in [0.4, 0.5) is 5.69 Å². The van der Waals surface area contributed by atoms with Gasteiger partial charge in [-0.1, -0.05) is 12.1 Å². The van der Waals surface area contributed by atoms with Crippen molar-refractivity contribution in [2.45, 2.75) is 13.8 Å². The fourth-order valence-corrected chi connectivity index (χ4v) is 2.50. The largest absolute Gasteiger partial charge is 0.493 e. The second-order valence-corrected chi connectivity index (χ2v) is 5.77. The molecule has 150 valence electrons. The highest BCUT2D eigenvalue weighted by Gasteiger charge is 2.13. The second-order valence-electron chi connectivity index (χ2n) is 5.77. The summed E-state index contributed by atoms with van der Waals surface area (Å²) in [6.07, 6.45) is 1.45. The zero-order valence-electron chi connectivity index (χ0n) is 16.5. The fraction of sp³-hybridized carbons (Fsp3) is 0.227. The van der Waals surface area contributed by atoms with Crippen molar-refractivity contribution in [1.29, 1.82) is 5.26 Å². The quantitative estimate of drug-likeness (QED) is 0.415. The molecule has 0 heterocycles. The minimum absolute atomic E-state index is 0.0993. The maximum absolute atomic E-state index is 12.5. The summed E-state index contributed by atoms with van der Waals surface area (Å²) in [5, 5.41) is 12.0. The molecule has 0 spiro atoms. The van der Waals surface area contributed by atoms with E-state index >= 15 is 0 Å². The van der Waals surface area contributed by atoms with Crippen LogP contribution in [0.1, 0.15) is 29.8 Å². The van der Waals surface area contributed by atoms with Gasteiger partial charge in [-0.3, -0.25) is 4.79 Å². The van der Waals surface area contributed by atoms with Crippen LogP contribution in [0.25, 0.3) is 6.08 Å². The van der Waals surface area contributed by atoms with E-state index < -0.39 is 11.9 Å². The van der Waals surface area contributed by atoms with Crippen molar-refractivity contribution < 1.29 is 23.8 Å². The lowest BCUT2D eigenvalue weighted by Gasteiger charge is -2.10. The molecule has 7 nitrogen and oxygen atoms in total. The first-order valence-electron chi connectivity index (χ1n) is 9.03. The summed E-state index contributed by atoms with van der Waals surface area (Å²) in [5.41, 5.74) is 1.20. The Morgan fingerprint density at radius 3 is 2.55 bits per heavy atom. The zero-order chi connectivity index (χ0) is 21.2. The summed E-state index contributed by atoms with van der Waals surface area (Å²) < 4.78 is 15.7. The molecule has 0 aliphatic heterocycles. The number of nitrogens with one attached hydrogen (secondary N) is 1. The average molecular weight is 394 g/mol. The van der Waals surface area contributed by atoms with Crippen molar-refractivity contribution in [2.75, 3.05) is 25.6 Å². The minimum Gasteiger partial charge on any atom is -0.493 e. The third-order valence-corrected chi connectivity index (χ3v) is 3.80. The van der Waals surface area contributed by atoms with Gasteiger partial charge < -0.3 is 19.5 Å². The number of nitrogens with zero attached hydrogens (tertiary/aromatic N) is 1. The maximum atomic E-state index is 12.5. The lowest BCUT2D eigenvalue weighted by Crippen LogP contribution is -2.14. The summed E-state index contributed by atoms with van der Waals surface area (Å²) in [4.78, 5) is 24.3. The van der Waals surface area contributed by atoms with Gasteiger partial charge in [-0.25, -0.2) is 4.79 Å². The maximum Gasteiger partial charge on any atom is 0.338 e. The van der Waals surface area contributed by atoms with E-state index in [0.29, 0.717) is 34.9 Å². The third kappa shape index (κ3) is 5.84. The van der Waals surface area contributed by atoms with Gasteiger partial charge in [0, 0.05) is 5.69 Å². The first-order valence-corrected chi connectivity index (χ1v) is 9.03. The molecule has 0 aromatic heterocycles. The van der Waals surface area contributed by atoms with Crippen LogP contribution in [0.2, 0.25) is 0 Å². The molecule has 7 heteroatoms. The molecule has 1 amide bonds. The number of benzene rings is 2. The predicted octanol–water partition coefficient (Wildman–Crippen LogP) is 3.82. The SMILES string of the molecule is CCOC(=O)c1cccc(NC(=O)/C(C#N)=C/c2ccc(OCC)c(OC)c2)c1. The Balaban J connectivity index is 2.22. The molecule has 0 saturated carbocycles. The lowest BCUT2D eigenvalue weighted by molar-refractivity contribution is -0.112. The predicted molar refractivity (Wildman–Crippen MR) is 109 cm³/mol. The van der Waals surface area contributed by atoms with Crippen molar-refractivity contribution in [3.8, 4) is 17.6 Å². The Morgan fingerprint density at radius 2 is 1.90 bits per heavy atom. The van der Waals surface area contributed by atoms with Gasteiger partial charge >= 0.3 is 5.97 Å². The van der Waals surface area contributed by atoms with E-state index in [1.807, 2.05) is 13.0 Å². The van der Waals surface area contributed by atoms with E-state index in [0.717, 1.165) is 0 Å². The van der Waals surface area contributed by atoms with Crippen molar-refractivity contribution >= 4 is 23.6 Å². The second kappa shape index (κ2) is 10.5. The molecule has 0 aliphatic rings. The van der Waals surface area contributed by atoms with Gasteiger partial charge in [0.2, 0.25) is 0 Å². The number of hydrogen-bond donors (Lipinski definition) is 1. The standard InChI is InChI=1S/C22H22N2O5/c1-4-28-19-10-9-15(12-20(19)27-3)11-17(14-23)21(25)24-18-8-6-7-16(13-18)22(26)29-5-2/h6-13H,4-5H2,1-3H3,(H,24,25)/b17-11+. The topological polar surface area (TPSA) is 97.7 Å². The van der Waals surface area contributed by atoms with Crippen LogP contribution in [0, 0.1) is 11.3 Å². The fourth-order valence-electron chi connectivity index (χ4n) is 2.50. The van der Waals surface area contributed by atoms with Crippen LogP contribution in [0.5, 0.6) is 11.5 Å². The number of nitriles is 1. The van der Waals surface area contributed by atoms with Crippen molar-refractivity contribution in [2.24, 2.45) is 0 Å². The van der Waals surface area contributed by atoms with Crippen molar-refractivity contribution in [3.63, 3.8) is 0 Å². The highest BCUT2D eigenvalue weighted by atomic mass is 16.5. The number of rotatable bonds is 8. The first kappa shape index (κ1) is 21.5. The monoisotopic (exact) mass is 394 g/mol. The number of ether oxygens (including phenoxy) is 3. The van der Waals surface area contributed by atoms with E-state index in [2.05, 4.69) is 5.32 Å². The number of carbonyl (C=O) groups is 2. The Morgan fingerprint density at radius 1 is 1.10 bits per heavy atom. The van der Waals surface area contributed by atoms with Crippen molar-refractivity contribution in [3.05, 3.63) is 59.2 Å². The number of hydrogen-bond acceptors (Lipinski definition) is 6. The van der Waals surface area contributed by atoms with Crippen LogP contribution in [-0.4, -0.2) is 32.2 Å². The molecular formula is C22H22N2O5. The lowest BCUT2D eigenvalue weighted by atomic mass is 10.1. The number of methoxy groups -OCH3 is 1. The molecule has 0 atom stereocenters. The molecular weight excluding hydrogens is 372 g/mol. The first-order chi connectivity index (χ1) is 14.0. The third-order valence-electron chi connectivity index (χ3n) is 3.80. The van der Waals surface area contributed by atoms with Gasteiger partial charge in [0.1, 0.15) is 11.6 Å². The van der Waals surface area contributed by atoms with Crippen molar-refractivity contribution in [1.82, 2.24) is 0 Å². The summed E-state index contributed by atoms with van der Waals surface area (Å²) in [5.74, 6) is -0.00573. The molecule has 0 saturated heterocycles. The normalized spacial score (nSPS) is 10.6. The van der Waals surface area contributed by atoms with Gasteiger partial charge in [0.15, 0.2) is 11.5 Å². The molecule has 0 aliphatic carbocycles. The summed E-state index contributed by atoms with van der Waals surface area (Å²) in [6, 6.07) is 13.3. The van der Waals surface area contributed by atoms with E-state index in [4.69, 9.17) is 14.2 Å². The summed E-state index contributed by atoms with van der Waals surface area (Å²) in [7, 11) is 1.51. The molecule has 29 heavy (non-hydrogen) atoms. The number of anilines is 1. The molecule has 2 rings (SSSR count). The van der Waals surface area contributed by atoms with E-state index in [1.165, 1.54) is 19.3 Å². The molecule has 2 aromatic carbocycles. The molecule has 0 radical (unpaired) electrons. The molecule has 0 unspecified atom stereocenters. The Labute approximate surface area is 169 Å². The van der Waals surface area contributed by atoms with Crippen LogP contribution in [0.15, 0.2) is 48.0 Å². The van der Waals surface area contributed by atoms with Crippen LogP contribution >= 0.6 is 0 Å². The Bertz CT molecular complexity index is 960. The van der Waals surface area contributed by atoms with Gasteiger partial charge in [0.25, 0.3) is 5.91 Å². The molecule has 2 aromatic rings. The summed E-state index contributed by atoms with van der Waals surface area (Å²) >= 11 is 0. The Hall–Kier alpha value is -3.79. The van der Waals surface area contributed by atoms with E-state index in [-0.39, 0.29) is 12.2 Å². The van der Waals surface area contributed by atoms with Gasteiger partial charge in [0.05, 0.1) is 25.9 Å². The number of carbonyl (C=O) groups excluding carboxylic acids is 2. The summed E-state index contributed by atoms with van der Waals surface area (Å²) in [6.45, 7) is 4.32. The van der Waals surface area contributed by atoms with E-state index in [1.54, 1.807) is 43.3 Å². The zero-order valence-corrected chi connectivity index (χ0v) is 16.5. The van der Waals surface area contributed by atoms with Gasteiger partial charge in [-0.15, -0.1) is 0 Å². The highest BCUT2D eigenvalue weighted by molar-refractivity contribution is 6.10. The minimum atomic E-state index is -0.596. The Kier molecular flexibility index (Phi) is 7.80. The van der Waals surface area contributed by atoms with E-state index in [9.17, 15) is 14.9 Å². The van der Waals surface area contributed by atoms with Crippen LogP contribution in [-0.2, 0) is 9.53 Å². The van der Waals surface area contributed by atoms with Crippen LogP contribution in [0.3, 0.4) is 0 Å². The number of amides is 1. The molecule has 1 N–H and O–H groups in total.